The Kier molecular flexibility index (Phi) is 2.25. The maximum absolute atomic E-state index is 12.4. The van der Waals surface area contributed by atoms with Crippen LogP contribution in [0, 0.1) is 11.8 Å². The van der Waals surface area contributed by atoms with Gasteiger partial charge in [0.25, 0.3) is 0 Å². The molecule has 2 nitrogen and oxygen atoms in total. The first-order chi connectivity index (χ1) is 8.18. The molecule has 0 fully saturated rings. The van der Waals surface area contributed by atoms with Crippen molar-refractivity contribution in [3.63, 3.8) is 0 Å². The Morgan fingerprint density at radius 1 is 1.00 bits per heavy atom. The van der Waals surface area contributed by atoms with Crippen LogP contribution in [0.25, 0.3) is 0 Å². The summed E-state index contributed by atoms with van der Waals surface area (Å²) >= 11 is 0. The molecule has 2 aliphatic carbocycles. The van der Waals surface area contributed by atoms with E-state index in [1.54, 1.807) is 12.1 Å². The highest BCUT2D eigenvalue weighted by molar-refractivity contribution is 6.16. The van der Waals surface area contributed by atoms with E-state index >= 15 is 0 Å². The molecule has 2 heteroatoms. The minimum atomic E-state index is -0.124. The van der Waals surface area contributed by atoms with Crippen molar-refractivity contribution in [2.24, 2.45) is 11.8 Å². The van der Waals surface area contributed by atoms with Crippen molar-refractivity contribution in [1.82, 2.24) is 0 Å². The summed E-state index contributed by atoms with van der Waals surface area (Å²) in [7, 11) is 0. The molecule has 1 aromatic rings. The van der Waals surface area contributed by atoms with Crippen LogP contribution in [-0.2, 0) is 0 Å². The van der Waals surface area contributed by atoms with Crippen LogP contribution in [0.1, 0.15) is 40.5 Å². The van der Waals surface area contributed by atoms with Crippen molar-refractivity contribution >= 4 is 11.6 Å². The van der Waals surface area contributed by atoms with Crippen molar-refractivity contribution in [2.75, 3.05) is 0 Å². The van der Waals surface area contributed by atoms with E-state index < -0.39 is 0 Å². The fraction of sp³-hybridized carbons (Fsp3) is 0.333. The van der Waals surface area contributed by atoms with Crippen molar-refractivity contribution in [3.05, 3.63) is 47.0 Å². The quantitative estimate of drug-likeness (QED) is 0.637. The number of ketones is 2. The molecule has 2 atom stereocenters. The molecule has 0 amide bonds. The van der Waals surface area contributed by atoms with Crippen molar-refractivity contribution in [3.8, 4) is 0 Å². The number of carbonyl (C=O) groups excluding carboxylic acids is 2. The van der Waals surface area contributed by atoms with Gasteiger partial charge in [-0.2, -0.15) is 0 Å². The Hall–Kier alpha value is -1.70. The number of Topliss-reactive ketones (excluding diaryl/α,β-unsaturated/α-hetero) is 2. The number of allylic oxidation sites excluding steroid dienone is 2. The van der Waals surface area contributed by atoms with E-state index in [1.807, 2.05) is 19.1 Å². The fourth-order valence-corrected chi connectivity index (χ4v) is 2.94. The molecule has 0 bridgehead atoms. The smallest absolute Gasteiger partial charge is 0.167 e. The monoisotopic (exact) mass is 226 g/mol. The summed E-state index contributed by atoms with van der Waals surface area (Å²) in [5, 5.41) is 0. The summed E-state index contributed by atoms with van der Waals surface area (Å²) in [5.74, 6) is 0.0510. The van der Waals surface area contributed by atoms with Gasteiger partial charge in [-0.1, -0.05) is 35.9 Å². The van der Waals surface area contributed by atoms with Crippen molar-refractivity contribution in [1.29, 1.82) is 0 Å². The van der Waals surface area contributed by atoms with Gasteiger partial charge in [-0.15, -0.1) is 0 Å². The van der Waals surface area contributed by atoms with Crippen LogP contribution in [0.3, 0.4) is 0 Å². The number of fused-ring (bicyclic) bond motifs is 2. The van der Waals surface area contributed by atoms with Gasteiger partial charge in [0.15, 0.2) is 11.6 Å². The van der Waals surface area contributed by atoms with Crippen LogP contribution >= 0.6 is 0 Å². The van der Waals surface area contributed by atoms with Gasteiger partial charge in [-0.3, -0.25) is 9.59 Å². The summed E-state index contributed by atoms with van der Waals surface area (Å²) in [4.78, 5) is 24.7. The average molecular weight is 226 g/mol. The van der Waals surface area contributed by atoms with Crippen LogP contribution in [-0.4, -0.2) is 11.6 Å². The van der Waals surface area contributed by atoms with Gasteiger partial charge in [0.2, 0.25) is 0 Å². The minimum absolute atomic E-state index is 0.123. The van der Waals surface area contributed by atoms with Gasteiger partial charge in [0.1, 0.15) is 0 Å². The summed E-state index contributed by atoms with van der Waals surface area (Å²) in [6.45, 7) is 2.04. The van der Waals surface area contributed by atoms with E-state index in [9.17, 15) is 9.59 Å². The molecule has 0 radical (unpaired) electrons. The summed E-state index contributed by atoms with van der Waals surface area (Å²) < 4.78 is 0. The standard InChI is InChI=1S/C15H14O2/c1-9-6-7-12-13(8-9)15(17)11-5-3-2-4-10(11)14(12)16/h2-6,12-13H,7-8H2,1H3. The lowest BCUT2D eigenvalue weighted by molar-refractivity contribution is 0.0725. The molecule has 0 saturated carbocycles. The molecule has 17 heavy (non-hydrogen) atoms. The summed E-state index contributed by atoms with van der Waals surface area (Å²) in [6, 6.07) is 7.21. The van der Waals surface area contributed by atoms with E-state index in [0.717, 1.165) is 12.8 Å². The maximum atomic E-state index is 12.4. The number of hydrogen-bond donors (Lipinski definition) is 0. The molecule has 2 aliphatic rings. The molecule has 0 saturated heterocycles. The summed E-state index contributed by atoms with van der Waals surface area (Å²) in [6.07, 6.45) is 3.55. The highest BCUT2D eigenvalue weighted by Crippen LogP contribution is 2.38. The number of rotatable bonds is 0. The lowest BCUT2D eigenvalue weighted by atomic mass is 9.68. The molecule has 3 rings (SSSR count). The Bertz CT molecular complexity index is 540. The Morgan fingerprint density at radius 3 is 2.24 bits per heavy atom. The van der Waals surface area contributed by atoms with Crippen LogP contribution in [0.2, 0.25) is 0 Å². The van der Waals surface area contributed by atoms with E-state index in [0.29, 0.717) is 11.1 Å². The van der Waals surface area contributed by atoms with Gasteiger partial charge >= 0.3 is 0 Å². The Morgan fingerprint density at radius 2 is 1.59 bits per heavy atom. The number of benzene rings is 1. The normalized spacial score (nSPS) is 27.2. The first-order valence-corrected chi connectivity index (χ1v) is 6.01. The zero-order chi connectivity index (χ0) is 12.0. The Balaban J connectivity index is 2.12. The zero-order valence-corrected chi connectivity index (χ0v) is 9.77. The Labute approximate surface area is 100 Å². The third kappa shape index (κ3) is 1.47. The first kappa shape index (κ1) is 10.5. The minimum Gasteiger partial charge on any atom is -0.294 e. The third-order valence-electron chi connectivity index (χ3n) is 3.88. The second kappa shape index (κ2) is 3.66. The van der Waals surface area contributed by atoms with E-state index in [2.05, 4.69) is 6.08 Å². The molecular formula is C15H14O2. The number of hydrogen-bond acceptors (Lipinski definition) is 2. The van der Waals surface area contributed by atoms with Gasteiger partial charge in [-0.25, -0.2) is 0 Å². The highest BCUT2D eigenvalue weighted by Gasteiger charge is 2.41. The second-order valence-corrected chi connectivity index (χ2v) is 4.98. The van der Waals surface area contributed by atoms with Crippen molar-refractivity contribution in [2.45, 2.75) is 19.8 Å². The second-order valence-electron chi connectivity index (χ2n) is 4.98. The molecule has 1 aromatic carbocycles. The maximum Gasteiger partial charge on any atom is 0.167 e. The third-order valence-corrected chi connectivity index (χ3v) is 3.88. The molecule has 86 valence electrons. The van der Waals surface area contributed by atoms with Gasteiger partial charge in [-0.05, 0) is 19.8 Å². The highest BCUT2D eigenvalue weighted by atomic mass is 16.1. The number of carbonyl (C=O) groups is 2. The van der Waals surface area contributed by atoms with Gasteiger partial charge < -0.3 is 0 Å². The van der Waals surface area contributed by atoms with Gasteiger partial charge in [0, 0.05) is 23.0 Å². The first-order valence-electron chi connectivity index (χ1n) is 6.01. The summed E-state index contributed by atoms with van der Waals surface area (Å²) in [5.41, 5.74) is 2.46. The molecule has 0 spiro atoms. The molecule has 0 N–H and O–H groups in total. The van der Waals surface area contributed by atoms with Crippen LogP contribution in [0.5, 0.6) is 0 Å². The van der Waals surface area contributed by atoms with E-state index in [4.69, 9.17) is 0 Å². The lowest BCUT2D eigenvalue weighted by Gasteiger charge is -2.33. The molecule has 0 heterocycles. The van der Waals surface area contributed by atoms with E-state index in [-0.39, 0.29) is 23.4 Å². The topological polar surface area (TPSA) is 34.1 Å². The average Bonchev–Trinajstić information content (AvgIpc) is 2.36. The van der Waals surface area contributed by atoms with Crippen LogP contribution in [0.15, 0.2) is 35.9 Å². The van der Waals surface area contributed by atoms with Crippen LogP contribution < -0.4 is 0 Å². The van der Waals surface area contributed by atoms with Crippen molar-refractivity contribution < 1.29 is 9.59 Å². The van der Waals surface area contributed by atoms with Gasteiger partial charge in [0.05, 0.1) is 0 Å². The van der Waals surface area contributed by atoms with E-state index in [1.165, 1.54) is 5.57 Å². The predicted octanol–water partition coefficient (Wildman–Crippen LogP) is 3.04. The SMILES string of the molecule is CC1=CCC2C(=O)c3ccccc3C(=O)C2C1. The molecule has 0 aromatic heterocycles. The lowest BCUT2D eigenvalue weighted by Crippen LogP contribution is -2.38. The largest absolute Gasteiger partial charge is 0.294 e. The predicted molar refractivity (Wildman–Crippen MR) is 65.1 cm³/mol. The molecule has 0 aliphatic heterocycles. The van der Waals surface area contributed by atoms with Crippen LogP contribution in [0.4, 0.5) is 0 Å². The molecule has 2 unspecified atom stereocenters. The zero-order valence-electron chi connectivity index (χ0n) is 9.77. The molecular weight excluding hydrogens is 212 g/mol. The fourth-order valence-electron chi connectivity index (χ4n) is 2.94.